The van der Waals surface area contributed by atoms with Gasteiger partial charge in [-0.05, 0) is 12.8 Å². The second kappa shape index (κ2) is 3.74. The van der Waals surface area contributed by atoms with E-state index in [0.29, 0.717) is 12.8 Å². The summed E-state index contributed by atoms with van der Waals surface area (Å²) in [4.78, 5) is 0. The fraction of sp³-hybridized carbons (Fsp3) is 0.750. The van der Waals surface area contributed by atoms with E-state index in [1.54, 1.807) is 0 Å². The second-order valence-electron chi connectivity index (χ2n) is 2.49. The monoisotopic (exact) mass is 144 g/mol. The van der Waals surface area contributed by atoms with Gasteiger partial charge in [0, 0.05) is 0 Å². The highest BCUT2D eigenvalue weighted by Gasteiger charge is 2.29. The molecule has 0 aromatic carbocycles. The predicted octanol–water partition coefficient (Wildman–Crippen LogP) is 1.08. The van der Waals surface area contributed by atoms with Crippen molar-refractivity contribution in [2.75, 3.05) is 0 Å². The molecule has 0 amide bonds. The van der Waals surface area contributed by atoms with Crippen LogP contribution < -0.4 is 0 Å². The second-order valence-corrected chi connectivity index (χ2v) is 2.49. The van der Waals surface area contributed by atoms with Crippen LogP contribution in [0.3, 0.4) is 0 Å². The minimum Gasteiger partial charge on any atom is -0.387 e. The standard InChI is InChI=1S/C8H16O2/c1-4-7(9)8(10,5-2)6-3/h4,7,9-10H,1,5-6H2,2-3H3. The van der Waals surface area contributed by atoms with Gasteiger partial charge in [-0.15, -0.1) is 6.58 Å². The van der Waals surface area contributed by atoms with Gasteiger partial charge >= 0.3 is 0 Å². The zero-order valence-corrected chi connectivity index (χ0v) is 6.67. The molecule has 0 aliphatic carbocycles. The Kier molecular flexibility index (Phi) is 3.61. The Bertz CT molecular complexity index is 106. The van der Waals surface area contributed by atoms with Gasteiger partial charge in [-0.25, -0.2) is 0 Å². The van der Waals surface area contributed by atoms with Gasteiger partial charge in [-0.3, -0.25) is 0 Å². The van der Waals surface area contributed by atoms with Crippen LogP contribution in [0.15, 0.2) is 12.7 Å². The van der Waals surface area contributed by atoms with E-state index in [0.717, 1.165) is 0 Å². The van der Waals surface area contributed by atoms with E-state index < -0.39 is 11.7 Å². The maximum Gasteiger partial charge on any atom is 0.100 e. The molecular weight excluding hydrogens is 128 g/mol. The van der Waals surface area contributed by atoms with Gasteiger partial charge in [0.15, 0.2) is 0 Å². The lowest BCUT2D eigenvalue weighted by Gasteiger charge is -2.28. The van der Waals surface area contributed by atoms with Crippen LogP contribution in [-0.2, 0) is 0 Å². The molecule has 1 unspecified atom stereocenters. The lowest BCUT2D eigenvalue weighted by atomic mass is 9.91. The van der Waals surface area contributed by atoms with Crippen molar-refractivity contribution in [2.45, 2.75) is 38.4 Å². The minimum absolute atomic E-state index is 0.552. The molecule has 0 heterocycles. The van der Waals surface area contributed by atoms with E-state index in [2.05, 4.69) is 6.58 Å². The van der Waals surface area contributed by atoms with Crippen LogP contribution in [0.1, 0.15) is 26.7 Å². The molecule has 2 nitrogen and oxygen atoms in total. The lowest BCUT2D eigenvalue weighted by Crippen LogP contribution is -2.39. The first-order valence-corrected chi connectivity index (χ1v) is 3.63. The first kappa shape index (κ1) is 9.66. The highest BCUT2D eigenvalue weighted by atomic mass is 16.3. The summed E-state index contributed by atoms with van der Waals surface area (Å²) >= 11 is 0. The van der Waals surface area contributed by atoms with Crippen LogP contribution in [0.5, 0.6) is 0 Å². The molecule has 0 saturated heterocycles. The quantitative estimate of drug-likeness (QED) is 0.580. The third kappa shape index (κ3) is 1.82. The minimum atomic E-state index is -0.970. The molecule has 0 aromatic heterocycles. The molecule has 2 heteroatoms. The van der Waals surface area contributed by atoms with Gasteiger partial charge in [0.05, 0.1) is 5.60 Å². The molecule has 0 spiro atoms. The first-order chi connectivity index (χ1) is 4.60. The summed E-state index contributed by atoms with van der Waals surface area (Å²) in [6.07, 6.45) is 1.67. The van der Waals surface area contributed by atoms with Crippen molar-refractivity contribution >= 4 is 0 Å². The molecule has 0 aliphatic rings. The van der Waals surface area contributed by atoms with Crippen molar-refractivity contribution in [3.63, 3.8) is 0 Å². The lowest BCUT2D eigenvalue weighted by molar-refractivity contribution is -0.0571. The van der Waals surface area contributed by atoms with Gasteiger partial charge in [-0.2, -0.15) is 0 Å². The molecule has 0 saturated carbocycles. The molecule has 0 aromatic rings. The molecule has 0 aliphatic heterocycles. The topological polar surface area (TPSA) is 40.5 Å². The van der Waals surface area contributed by atoms with Gasteiger partial charge in [-0.1, -0.05) is 19.9 Å². The number of aliphatic hydroxyl groups is 2. The summed E-state index contributed by atoms with van der Waals surface area (Å²) in [6.45, 7) is 7.10. The van der Waals surface area contributed by atoms with E-state index >= 15 is 0 Å². The van der Waals surface area contributed by atoms with E-state index in [4.69, 9.17) is 0 Å². The normalized spacial score (nSPS) is 14.8. The highest BCUT2D eigenvalue weighted by molar-refractivity contribution is 4.94. The van der Waals surface area contributed by atoms with Gasteiger partial charge in [0.2, 0.25) is 0 Å². The third-order valence-electron chi connectivity index (χ3n) is 2.00. The Morgan fingerprint density at radius 1 is 1.50 bits per heavy atom. The molecular formula is C8H16O2. The van der Waals surface area contributed by atoms with Gasteiger partial charge < -0.3 is 10.2 Å². The van der Waals surface area contributed by atoms with Crippen LogP contribution in [0.25, 0.3) is 0 Å². The van der Waals surface area contributed by atoms with Crippen LogP contribution in [-0.4, -0.2) is 21.9 Å². The number of hydrogen-bond donors (Lipinski definition) is 2. The Morgan fingerprint density at radius 2 is 1.90 bits per heavy atom. The molecule has 1 atom stereocenters. The van der Waals surface area contributed by atoms with Crippen molar-refractivity contribution in [2.24, 2.45) is 0 Å². The Balaban J connectivity index is 4.15. The molecule has 0 bridgehead atoms. The fourth-order valence-electron chi connectivity index (χ4n) is 0.888. The maximum atomic E-state index is 9.58. The molecule has 0 fully saturated rings. The zero-order chi connectivity index (χ0) is 8.20. The summed E-state index contributed by atoms with van der Waals surface area (Å²) in [7, 11) is 0. The van der Waals surface area contributed by atoms with Crippen molar-refractivity contribution in [1.29, 1.82) is 0 Å². The Labute approximate surface area is 62.2 Å². The summed E-state index contributed by atoms with van der Waals surface area (Å²) < 4.78 is 0. The van der Waals surface area contributed by atoms with Crippen molar-refractivity contribution in [3.8, 4) is 0 Å². The molecule has 0 rings (SSSR count). The SMILES string of the molecule is C=CC(O)C(O)(CC)CC. The van der Waals surface area contributed by atoms with Crippen molar-refractivity contribution < 1.29 is 10.2 Å². The van der Waals surface area contributed by atoms with E-state index in [1.165, 1.54) is 6.08 Å². The van der Waals surface area contributed by atoms with Crippen LogP contribution in [0.4, 0.5) is 0 Å². The summed E-state index contributed by atoms with van der Waals surface area (Å²) in [5.41, 5.74) is -0.970. The van der Waals surface area contributed by atoms with E-state index in [9.17, 15) is 10.2 Å². The average molecular weight is 144 g/mol. The Hall–Kier alpha value is -0.340. The molecule has 60 valence electrons. The fourth-order valence-corrected chi connectivity index (χ4v) is 0.888. The number of hydrogen-bond acceptors (Lipinski definition) is 2. The third-order valence-corrected chi connectivity index (χ3v) is 2.00. The maximum absolute atomic E-state index is 9.58. The van der Waals surface area contributed by atoms with Gasteiger partial charge in [0.1, 0.15) is 6.10 Å². The molecule has 10 heavy (non-hydrogen) atoms. The van der Waals surface area contributed by atoms with Crippen LogP contribution in [0, 0.1) is 0 Å². The summed E-state index contributed by atoms with van der Waals surface area (Å²) in [5.74, 6) is 0. The summed E-state index contributed by atoms with van der Waals surface area (Å²) in [5, 5.41) is 18.8. The average Bonchev–Trinajstić information content (AvgIpc) is 2.01. The molecule has 0 radical (unpaired) electrons. The largest absolute Gasteiger partial charge is 0.387 e. The van der Waals surface area contributed by atoms with E-state index in [1.807, 2.05) is 13.8 Å². The smallest absolute Gasteiger partial charge is 0.100 e. The number of rotatable bonds is 4. The predicted molar refractivity (Wildman–Crippen MR) is 41.7 cm³/mol. The first-order valence-electron chi connectivity index (χ1n) is 3.63. The van der Waals surface area contributed by atoms with E-state index in [-0.39, 0.29) is 0 Å². The Morgan fingerprint density at radius 3 is 2.00 bits per heavy atom. The van der Waals surface area contributed by atoms with Crippen LogP contribution in [0.2, 0.25) is 0 Å². The van der Waals surface area contributed by atoms with Crippen LogP contribution >= 0.6 is 0 Å². The number of aliphatic hydroxyl groups excluding tert-OH is 1. The summed E-state index contributed by atoms with van der Waals surface area (Å²) in [6, 6.07) is 0. The zero-order valence-electron chi connectivity index (χ0n) is 6.67. The van der Waals surface area contributed by atoms with Crippen molar-refractivity contribution in [3.05, 3.63) is 12.7 Å². The van der Waals surface area contributed by atoms with Crippen molar-refractivity contribution in [1.82, 2.24) is 0 Å². The van der Waals surface area contributed by atoms with Gasteiger partial charge in [0.25, 0.3) is 0 Å². The molecule has 2 N–H and O–H groups in total. The highest BCUT2D eigenvalue weighted by Crippen LogP contribution is 2.19.